The molecule has 0 aromatic heterocycles. The number of hydrogen-bond acceptors (Lipinski definition) is 2. The van der Waals surface area contributed by atoms with Gasteiger partial charge in [0.05, 0.1) is 0 Å². The maximum absolute atomic E-state index is 5.99. The molecule has 0 spiro atoms. The SMILES string of the molecule is CCCC(C)N(C)Cc1ccc(Br)cc1N. The zero-order valence-electron chi connectivity index (χ0n) is 10.3. The Balaban J connectivity index is 2.65. The Morgan fingerprint density at radius 1 is 1.44 bits per heavy atom. The number of anilines is 1. The molecule has 1 aromatic carbocycles. The molecule has 2 N–H and O–H groups in total. The number of halogens is 1. The Morgan fingerprint density at radius 3 is 2.69 bits per heavy atom. The van der Waals surface area contributed by atoms with Crippen LogP contribution >= 0.6 is 15.9 Å². The van der Waals surface area contributed by atoms with Crippen LogP contribution in [0.15, 0.2) is 22.7 Å². The fraction of sp³-hybridized carbons (Fsp3) is 0.538. The molecule has 16 heavy (non-hydrogen) atoms. The molecular formula is C13H21BrN2. The summed E-state index contributed by atoms with van der Waals surface area (Å²) in [6.07, 6.45) is 2.45. The van der Waals surface area contributed by atoms with Crippen molar-refractivity contribution < 1.29 is 0 Å². The van der Waals surface area contributed by atoms with Gasteiger partial charge in [-0.3, -0.25) is 4.90 Å². The van der Waals surface area contributed by atoms with Crippen molar-refractivity contribution in [3.8, 4) is 0 Å². The van der Waals surface area contributed by atoms with Crippen molar-refractivity contribution in [3.05, 3.63) is 28.2 Å². The third kappa shape index (κ3) is 3.80. The fourth-order valence-electron chi connectivity index (χ4n) is 1.77. The molecule has 0 aliphatic carbocycles. The van der Waals surface area contributed by atoms with E-state index in [4.69, 9.17) is 5.73 Å². The maximum atomic E-state index is 5.99. The van der Waals surface area contributed by atoms with Crippen molar-refractivity contribution in [2.24, 2.45) is 0 Å². The summed E-state index contributed by atoms with van der Waals surface area (Å²) < 4.78 is 1.04. The van der Waals surface area contributed by atoms with Crippen LogP contribution in [-0.4, -0.2) is 18.0 Å². The van der Waals surface area contributed by atoms with E-state index >= 15 is 0 Å². The van der Waals surface area contributed by atoms with E-state index in [0.717, 1.165) is 16.7 Å². The summed E-state index contributed by atoms with van der Waals surface area (Å²) in [7, 11) is 2.15. The van der Waals surface area contributed by atoms with Gasteiger partial charge in [0.15, 0.2) is 0 Å². The lowest BCUT2D eigenvalue weighted by Gasteiger charge is -2.25. The summed E-state index contributed by atoms with van der Waals surface area (Å²) in [6.45, 7) is 5.40. The molecule has 1 atom stereocenters. The first-order valence-electron chi connectivity index (χ1n) is 5.78. The largest absolute Gasteiger partial charge is 0.398 e. The van der Waals surface area contributed by atoms with Crippen LogP contribution in [0.2, 0.25) is 0 Å². The standard InChI is InChI=1S/C13H21BrN2/c1-4-5-10(2)16(3)9-11-6-7-12(14)8-13(11)15/h6-8,10H,4-5,9,15H2,1-3H3. The highest BCUT2D eigenvalue weighted by Gasteiger charge is 2.10. The number of nitrogens with two attached hydrogens (primary N) is 1. The molecule has 2 nitrogen and oxygen atoms in total. The second-order valence-electron chi connectivity index (χ2n) is 4.40. The summed E-state index contributed by atoms with van der Waals surface area (Å²) in [6, 6.07) is 6.71. The van der Waals surface area contributed by atoms with Gasteiger partial charge >= 0.3 is 0 Å². The van der Waals surface area contributed by atoms with Crippen molar-refractivity contribution in [3.63, 3.8) is 0 Å². The van der Waals surface area contributed by atoms with Gasteiger partial charge in [-0.2, -0.15) is 0 Å². The van der Waals surface area contributed by atoms with Gasteiger partial charge in [0.1, 0.15) is 0 Å². The number of nitrogens with zero attached hydrogens (tertiary/aromatic N) is 1. The molecule has 3 heteroatoms. The summed E-state index contributed by atoms with van der Waals surface area (Å²) in [5, 5.41) is 0. The number of nitrogen functional groups attached to an aromatic ring is 1. The van der Waals surface area contributed by atoms with E-state index in [1.54, 1.807) is 0 Å². The molecule has 0 saturated carbocycles. The molecule has 0 aliphatic rings. The summed E-state index contributed by atoms with van der Waals surface area (Å²) in [5.74, 6) is 0. The molecule has 90 valence electrons. The predicted octanol–water partition coefficient (Wildman–Crippen LogP) is 3.65. The van der Waals surface area contributed by atoms with Gasteiger partial charge in [0.25, 0.3) is 0 Å². The minimum absolute atomic E-state index is 0.605. The van der Waals surface area contributed by atoms with Gasteiger partial charge in [-0.15, -0.1) is 0 Å². The van der Waals surface area contributed by atoms with Crippen molar-refractivity contribution in [2.45, 2.75) is 39.3 Å². The lowest BCUT2D eigenvalue weighted by molar-refractivity contribution is 0.237. The molecule has 0 radical (unpaired) electrons. The molecule has 1 unspecified atom stereocenters. The normalized spacial score (nSPS) is 13.1. The molecule has 1 aromatic rings. The third-order valence-corrected chi connectivity index (χ3v) is 3.48. The molecule has 0 aliphatic heterocycles. The zero-order chi connectivity index (χ0) is 12.1. The number of rotatable bonds is 5. The highest BCUT2D eigenvalue weighted by atomic mass is 79.9. The Morgan fingerprint density at radius 2 is 2.12 bits per heavy atom. The first-order valence-corrected chi connectivity index (χ1v) is 6.58. The van der Waals surface area contributed by atoms with E-state index in [-0.39, 0.29) is 0 Å². The number of hydrogen-bond donors (Lipinski definition) is 1. The smallest absolute Gasteiger partial charge is 0.0371 e. The fourth-order valence-corrected chi connectivity index (χ4v) is 2.15. The Labute approximate surface area is 107 Å². The zero-order valence-corrected chi connectivity index (χ0v) is 11.9. The van der Waals surface area contributed by atoms with Crippen molar-refractivity contribution in [1.82, 2.24) is 4.90 Å². The first-order chi connectivity index (χ1) is 7.54. The molecule has 0 fully saturated rings. The van der Waals surface area contributed by atoms with Crippen LogP contribution in [0, 0.1) is 0 Å². The van der Waals surface area contributed by atoms with E-state index in [0.29, 0.717) is 6.04 Å². The summed E-state index contributed by atoms with van der Waals surface area (Å²) in [5.41, 5.74) is 8.06. The van der Waals surface area contributed by atoms with Gasteiger partial charge < -0.3 is 5.73 Å². The molecule has 0 heterocycles. The highest BCUT2D eigenvalue weighted by molar-refractivity contribution is 9.10. The van der Waals surface area contributed by atoms with Crippen LogP contribution in [0.3, 0.4) is 0 Å². The predicted molar refractivity (Wildman–Crippen MR) is 74.4 cm³/mol. The van der Waals surface area contributed by atoms with Crippen LogP contribution in [-0.2, 0) is 6.54 Å². The van der Waals surface area contributed by atoms with Crippen molar-refractivity contribution >= 4 is 21.6 Å². The lowest BCUT2D eigenvalue weighted by atomic mass is 10.1. The Hall–Kier alpha value is -0.540. The van der Waals surface area contributed by atoms with Gasteiger partial charge in [-0.1, -0.05) is 35.3 Å². The highest BCUT2D eigenvalue weighted by Crippen LogP contribution is 2.20. The van der Waals surface area contributed by atoms with Crippen molar-refractivity contribution in [1.29, 1.82) is 0 Å². The van der Waals surface area contributed by atoms with E-state index in [1.165, 1.54) is 18.4 Å². The lowest BCUT2D eigenvalue weighted by Crippen LogP contribution is -2.28. The molecule has 0 saturated heterocycles. The second kappa shape index (κ2) is 6.26. The molecule has 0 amide bonds. The van der Waals surface area contributed by atoms with Gasteiger partial charge in [0, 0.05) is 22.7 Å². The molecule has 0 bridgehead atoms. The molecular weight excluding hydrogens is 264 g/mol. The topological polar surface area (TPSA) is 29.3 Å². The maximum Gasteiger partial charge on any atom is 0.0371 e. The van der Waals surface area contributed by atoms with Crippen LogP contribution in [0.1, 0.15) is 32.3 Å². The summed E-state index contributed by atoms with van der Waals surface area (Å²) >= 11 is 3.42. The van der Waals surface area contributed by atoms with Crippen LogP contribution in [0.4, 0.5) is 5.69 Å². The first kappa shape index (κ1) is 13.5. The average molecular weight is 285 g/mol. The Kier molecular flexibility index (Phi) is 5.29. The average Bonchev–Trinajstić information content (AvgIpc) is 2.22. The van der Waals surface area contributed by atoms with Crippen LogP contribution < -0.4 is 5.73 Å². The quantitative estimate of drug-likeness (QED) is 0.837. The van der Waals surface area contributed by atoms with Gasteiger partial charge in [-0.25, -0.2) is 0 Å². The van der Waals surface area contributed by atoms with Crippen LogP contribution in [0.5, 0.6) is 0 Å². The number of benzene rings is 1. The third-order valence-electron chi connectivity index (χ3n) is 2.99. The minimum atomic E-state index is 0.605. The Bertz CT molecular complexity index is 339. The van der Waals surface area contributed by atoms with E-state index < -0.39 is 0 Å². The van der Waals surface area contributed by atoms with Gasteiger partial charge in [0.2, 0.25) is 0 Å². The summed E-state index contributed by atoms with van der Waals surface area (Å²) in [4.78, 5) is 2.35. The van der Waals surface area contributed by atoms with Crippen molar-refractivity contribution in [2.75, 3.05) is 12.8 Å². The minimum Gasteiger partial charge on any atom is -0.398 e. The monoisotopic (exact) mass is 284 g/mol. The van der Waals surface area contributed by atoms with E-state index in [9.17, 15) is 0 Å². The van der Waals surface area contributed by atoms with E-state index in [1.807, 2.05) is 12.1 Å². The van der Waals surface area contributed by atoms with Crippen LogP contribution in [0.25, 0.3) is 0 Å². The van der Waals surface area contributed by atoms with Gasteiger partial charge in [-0.05, 0) is 38.1 Å². The van der Waals surface area contributed by atoms with E-state index in [2.05, 4.69) is 47.8 Å². The molecule has 1 rings (SSSR count). The second-order valence-corrected chi connectivity index (χ2v) is 5.31.